The number of piperazine rings is 1. The lowest BCUT2D eigenvalue weighted by Crippen LogP contribution is -2.61. The van der Waals surface area contributed by atoms with Gasteiger partial charge in [-0.3, -0.25) is 24.1 Å². The lowest BCUT2D eigenvalue weighted by Gasteiger charge is -2.33. The van der Waals surface area contributed by atoms with Gasteiger partial charge in [0.1, 0.15) is 34.7 Å². The van der Waals surface area contributed by atoms with Crippen molar-refractivity contribution in [2.45, 2.75) is 24.9 Å². The molecule has 3 heterocycles. The van der Waals surface area contributed by atoms with Gasteiger partial charge < -0.3 is 45.8 Å². The van der Waals surface area contributed by atoms with Gasteiger partial charge in [0.25, 0.3) is 0 Å². The van der Waals surface area contributed by atoms with Crippen LogP contribution in [0, 0.1) is 11.6 Å². The molecule has 0 radical (unpaired) electrons. The topological polar surface area (TPSA) is 248 Å². The van der Waals surface area contributed by atoms with Gasteiger partial charge in [-0.05, 0) is 24.1 Å². The Hall–Kier alpha value is -5.54. The number of amides is 6. The van der Waals surface area contributed by atoms with E-state index in [1.807, 2.05) is 0 Å². The minimum absolute atomic E-state index is 0.0604. The summed E-state index contributed by atoms with van der Waals surface area (Å²) in [4.78, 5) is 82.0. The van der Waals surface area contributed by atoms with Crippen LogP contribution < -0.4 is 20.6 Å². The van der Waals surface area contributed by atoms with Crippen molar-refractivity contribution in [2.24, 2.45) is 0 Å². The number of halogens is 3. The number of hydrogen-bond acceptors (Lipinski definition) is 12. The van der Waals surface area contributed by atoms with Gasteiger partial charge in [0.05, 0.1) is 17.5 Å². The summed E-state index contributed by atoms with van der Waals surface area (Å²) in [7, 11) is -1.98. The van der Waals surface area contributed by atoms with E-state index in [9.17, 15) is 57.9 Å². The van der Waals surface area contributed by atoms with Gasteiger partial charge in [0.15, 0.2) is 17.3 Å². The van der Waals surface area contributed by atoms with Gasteiger partial charge in [0.2, 0.25) is 11.8 Å². The van der Waals surface area contributed by atoms with E-state index >= 15 is 0 Å². The maximum atomic E-state index is 14.6. The summed E-state index contributed by atoms with van der Waals surface area (Å²) in [5, 5.41) is 48.4. The number of imide groups is 1. The van der Waals surface area contributed by atoms with E-state index in [4.69, 9.17) is 16.3 Å². The number of urea groups is 1. The molecule has 1 unspecified atom stereocenters. The average Bonchev–Trinajstić information content (AvgIpc) is 3.60. The fourth-order valence-corrected chi connectivity index (χ4v) is 5.92. The van der Waals surface area contributed by atoms with Crippen LogP contribution in [0.4, 0.5) is 13.6 Å². The molecule has 1 saturated heterocycles. The van der Waals surface area contributed by atoms with Crippen molar-refractivity contribution >= 4 is 65.7 Å². The first kappa shape index (κ1) is 35.8. The number of carboxylic acid groups (broad SMARTS) is 1. The minimum atomic E-state index is -2.08. The van der Waals surface area contributed by atoms with Crippen molar-refractivity contribution in [1.82, 2.24) is 30.7 Å². The predicted octanol–water partition coefficient (Wildman–Crippen LogP) is 0.0616. The normalized spacial score (nSPS) is 16.3. The number of nitrogens with one attached hydrogen (secondary N) is 3. The van der Waals surface area contributed by atoms with Gasteiger partial charge in [-0.25, -0.2) is 23.4 Å². The van der Waals surface area contributed by atoms with Gasteiger partial charge in [-0.15, -0.1) is 11.3 Å². The Labute approximate surface area is 288 Å². The molecule has 6 amide bonds. The Balaban J connectivity index is 1.34. The summed E-state index contributed by atoms with van der Waals surface area (Å²) in [6.45, 7) is -1.19. The second kappa shape index (κ2) is 14.5. The van der Waals surface area contributed by atoms with Crippen LogP contribution in [0.1, 0.15) is 32.5 Å². The van der Waals surface area contributed by atoms with Crippen molar-refractivity contribution < 1.29 is 62.5 Å². The van der Waals surface area contributed by atoms with E-state index in [2.05, 4.69) is 20.9 Å². The zero-order valence-corrected chi connectivity index (χ0v) is 26.8. The van der Waals surface area contributed by atoms with Crippen LogP contribution in [-0.4, -0.2) is 103 Å². The maximum absolute atomic E-state index is 14.6. The van der Waals surface area contributed by atoms with E-state index in [1.165, 1.54) is 17.5 Å². The number of benzene rings is 2. The predicted molar refractivity (Wildman–Crippen MR) is 166 cm³/mol. The molecule has 5 rings (SSSR count). The Morgan fingerprint density at radius 2 is 1.86 bits per heavy atom. The number of hydrogen-bond donors (Lipinski definition) is 7. The number of nitrogens with zero attached hydrogens (tertiary/aromatic N) is 3. The number of fused-ring (bicyclic) bond motifs is 1. The summed E-state index contributed by atoms with van der Waals surface area (Å²) < 4.78 is 33.9. The first-order valence-electron chi connectivity index (χ1n) is 14.3. The molecule has 0 aliphatic carbocycles. The van der Waals surface area contributed by atoms with Gasteiger partial charge in [-0.1, -0.05) is 17.7 Å². The van der Waals surface area contributed by atoms with E-state index in [-0.39, 0.29) is 25.1 Å². The summed E-state index contributed by atoms with van der Waals surface area (Å²) >= 11 is 7.39. The largest absolute Gasteiger partial charge is 0.547 e. The molecular weight excluding hydrogens is 713 g/mol. The number of phenolic OH excluding ortho intramolecular Hbond substituents is 2. The van der Waals surface area contributed by atoms with Crippen LogP contribution in [-0.2, 0) is 32.1 Å². The highest BCUT2D eigenvalue weighted by Gasteiger charge is 2.42. The van der Waals surface area contributed by atoms with Crippen LogP contribution in [0.25, 0.3) is 0 Å². The third-order valence-electron chi connectivity index (χ3n) is 7.60. The summed E-state index contributed by atoms with van der Waals surface area (Å²) in [5.41, 5.74) is -1.44. The number of aromatic nitrogens is 1. The van der Waals surface area contributed by atoms with Gasteiger partial charge in [-0.2, -0.15) is 0 Å². The first-order chi connectivity index (χ1) is 23.7. The molecule has 0 spiro atoms. The molecule has 1 aromatic heterocycles. The fourth-order valence-electron chi connectivity index (χ4n) is 5.11. The lowest BCUT2D eigenvalue weighted by molar-refractivity contribution is -0.154. The molecule has 7 N–H and O–H groups in total. The van der Waals surface area contributed by atoms with Gasteiger partial charge >= 0.3 is 30.9 Å². The SMILES string of the molecule is O=C(CN1CCN(C(=O)NC(C(=O)N[C@H]2Cc3ccc(F)c(C(=O)O)c3OB2O)c2cc(F)c(O)c(O)c2Cl)C(=O)C1=O)NCc1nccs1. The number of thiazole rings is 1. The molecule has 22 heteroatoms. The highest BCUT2D eigenvalue weighted by molar-refractivity contribution is 7.09. The van der Waals surface area contributed by atoms with Crippen LogP contribution in [0.15, 0.2) is 29.8 Å². The van der Waals surface area contributed by atoms with E-state index in [1.54, 1.807) is 5.38 Å². The summed E-state index contributed by atoms with van der Waals surface area (Å²) in [6.07, 6.45) is 1.20. The zero-order valence-electron chi connectivity index (χ0n) is 25.2. The third-order valence-corrected chi connectivity index (χ3v) is 8.77. The quantitative estimate of drug-likeness (QED) is 0.0876. The molecule has 50 heavy (non-hydrogen) atoms. The zero-order chi connectivity index (χ0) is 36.4. The third kappa shape index (κ3) is 7.23. The minimum Gasteiger partial charge on any atom is -0.534 e. The number of aromatic hydroxyl groups is 2. The van der Waals surface area contributed by atoms with Crippen LogP contribution in [0.2, 0.25) is 5.02 Å². The summed E-state index contributed by atoms with van der Waals surface area (Å²) in [6, 6.07) is -0.960. The smallest absolute Gasteiger partial charge is 0.534 e. The second-order valence-electron chi connectivity index (χ2n) is 10.8. The van der Waals surface area contributed by atoms with Crippen molar-refractivity contribution in [3.05, 3.63) is 68.1 Å². The molecule has 2 atom stereocenters. The summed E-state index contributed by atoms with van der Waals surface area (Å²) in [5.74, 6) is -13.2. The van der Waals surface area contributed by atoms with Crippen LogP contribution >= 0.6 is 22.9 Å². The van der Waals surface area contributed by atoms with Crippen molar-refractivity contribution in [1.29, 1.82) is 0 Å². The molecule has 3 aromatic rings. The number of aromatic carboxylic acids is 1. The number of carbonyl (C=O) groups excluding carboxylic acids is 5. The molecule has 2 aliphatic heterocycles. The lowest BCUT2D eigenvalue weighted by atomic mass is 9.72. The maximum Gasteiger partial charge on any atom is 0.547 e. The monoisotopic (exact) mass is 736 g/mol. The second-order valence-corrected chi connectivity index (χ2v) is 12.1. The van der Waals surface area contributed by atoms with E-state index in [0.29, 0.717) is 16.0 Å². The molecular formula is C28H24BClF2N6O11S. The number of phenols is 2. The molecule has 262 valence electrons. The molecule has 2 aromatic carbocycles. The number of rotatable bonds is 9. The van der Waals surface area contributed by atoms with Crippen molar-refractivity contribution in [2.75, 3.05) is 19.6 Å². The highest BCUT2D eigenvalue weighted by atomic mass is 35.5. The van der Waals surface area contributed by atoms with Crippen LogP contribution in [0.5, 0.6) is 17.2 Å². The van der Waals surface area contributed by atoms with E-state index in [0.717, 1.165) is 17.0 Å². The Morgan fingerprint density at radius 1 is 1.12 bits per heavy atom. The number of carboxylic acids is 1. The van der Waals surface area contributed by atoms with Gasteiger partial charge in [0, 0.05) is 30.2 Å². The van der Waals surface area contributed by atoms with Crippen molar-refractivity contribution in [3.8, 4) is 17.2 Å². The molecule has 0 bridgehead atoms. The standard InChI is InChI=1S/C28H24BClF2N6O11S/c30-19-12(8-14(32)21(40)22(19)41)20(24(42)35-15-7-11-1-2-13(31)18(27(45)46)23(11)49-29(15)48)36-28(47)38-5-4-37(25(43)26(38)44)10-16(39)34-9-17-33-3-6-50-17/h1-3,6,8,15,20,40-41,48H,4-5,7,9-10H2,(H,34,39)(H,35,42)(H,36,47)(H,45,46)/t15-,20?/m0/s1. The molecule has 0 saturated carbocycles. The highest BCUT2D eigenvalue weighted by Crippen LogP contribution is 2.40. The molecule has 17 nitrogen and oxygen atoms in total. The average molecular weight is 737 g/mol. The van der Waals surface area contributed by atoms with Crippen molar-refractivity contribution in [3.63, 3.8) is 0 Å². The Kier molecular flexibility index (Phi) is 10.4. The van der Waals surface area contributed by atoms with Crippen LogP contribution in [0.3, 0.4) is 0 Å². The fraction of sp³-hybridized carbons (Fsp3) is 0.250. The Morgan fingerprint density at radius 3 is 2.54 bits per heavy atom. The van der Waals surface area contributed by atoms with E-state index < -0.39 is 113 Å². The molecule has 1 fully saturated rings. The Bertz CT molecular complexity index is 1910. The number of carbonyl (C=O) groups is 6. The first-order valence-corrected chi connectivity index (χ1v) is 15.6. The molecule has 2 aliphatic rings.